The number of amides is 1. The highest BCUT2D eigenvalue weighted by molar-refractivity contribution is 7.97. The van der Waals surface area contributed by atoms with Gasteiger partial charge in [-0.25, -0.2) is 13.8 Å². The second kappa shape index (κ2) is 10.1. The third-order valence-corrected chi connectivity index (χ3v) is 9.13. The third-order valence-electron chi connectivity index (χ3n) is 7.78. The Morgan fingerprint density at radius 1 is 1.10 bits per heavy atom. The van der Waals surface area contributed by atoms with Crippen molar-refractivity contribution in [3.8, 4) is 11.3 Å². The summed E-state index contributed by atoms with van der Waals surface area (Å²) in [7, 11) is -2.29. The van der Waals surface area contributed by atoms with Gasteiger partial charge in [0.05, 0.1) is 24.0 Å². The van der Waals surface area contributed by atoms with Gasteiger partial charge in [-0.2, -0.15) is 0 Å². The maximum absolute atomic E-state index is 12.6. The quantitative estimate of drug-likeness (QED) is 0.346. The van der Waals surface area contributed by atoms with Crippen molar-refractivity contribution in [3.05, 3.63) is 77.5 Å². The van der Waals surface area contributed by atoms with Crippen LogP contribution in [0.1, 0.15) is 35.4 Å². The summed E-state index contributed by atoms with van der Waals surface area (Å²) in [6, 6.07) is 18.7. The van der Waals surface area contributed by atoms with Gasteiger partial charge in [0, 0.05) is 40.3 Å². The fourth-order valence-electron chi connectivity index (χ4n) is 5.68. The maximum atomic E-state index is 12.6. The molecule has 0 saturated carbocycles. The van der Waals surface area contributed by atoms with Crippen molar-refractivity contribution in [3.63, 3.8) is 0 Å². The van der Waals surface area contributed by atoms with Crippen LogP contribution in [-0.2, 0) is 27.6 Å². The molecule has 9 nitrogen and oxygen atoms in total. The fourth-order valence-corrected chi connectivity index (χ4v) is 6.49. The van der Waals surface area contributed by atoms with Crippen LogP contribution in [0.15, 0.2) is 60.8 Å². The normalized spacial score (nSPS) is 18.2. The summed E-state index contributed by atoms with van der Waals surface area (Å²) in [6.07, 6.45) is 5.54. The summed E-state index contributed by atoms with van der Waals surface area (Å²) < 4.78 is 16.5. The van der Waals surface area contributed by atoms with Crippen molar-refractivity contribution in [1.29, 1.82) is 0 Å². The summed E-state index contributed by atoms with van der Waals surface area (Å²) in [4.78, 5) is 17.8. The van der Waals surface area contributed by atoms with Crippen LogP contribution in [0.5, 0.6) is 0 Å². The minimum Gasteiger partial charge on any atom is -0.369 e. The smallest absolute Gasteiger partial charge is 0.245 e. The number of nitrogens with one attached hydrogen (secondary N) is 1. The van der Waals surface area contributed by atoms with Crippen LogP contribution in [0.25, 0.3) is 16.8 Å². The number of aromatic nitrogens is 3. The average Bonchev–Trinajstić information content (AvgIpc) is 3.54. The Labute approximate surface area is 228 Å². The average molecular weight is 544 g/mol. The lowest BCUT2D eigenvalue weighted by atomic mass is 9.89. The molecule has 2 aromatic heterocycles. The molecule has 2 aliphatic rings. The second-order valence-electron chi connectivity index (χ2n) is 10.6. The summed E-state index contributed by atoms with van der Waals surface area (Å²) in [5, 5.41) is 8.16. The van der Waals surface area contributed by atoms with Gasteiger partial charge in [0.15, 0.2) is 0 Å². The van der Waals surface area contributed by atoms with Gasteiger partial charge >= 0.3 is 0 Å². The molecule has 2 aromatic carbocycles. The molecule has 2 aliphatic heterocycles. The van der Waals surface area contributed by atoms with E-state index in [0.29, 0.717) is 31.5 Å². The summed E-state index contributed by atoms with van der Waals surface area (Å²) in [6.45, 7) is 3.34. The molecule has 4 aromatic rings. The highest BCUT2D eigenvalue weighted by atomic mass is 32.2. The number of nitrogens with zero attached hydrogens (tertiary/aromatic N) is 5. The van der Waals surface area contributed by atoms with E-state index < -0.39 is 9.71 Å². The molecule has 1 saturated heterocycles. The van der Waals surface area contributed by atoms with E-state index >= 15 is 0 Å². The van der Waals surface area contributed by atoms with Gasteiger partial charge in [0.2, 0.25) is 11.9 Å². The van der Waals surface area contributed by atoms with Gasteiger partial charge in [-0.05, 0) is 78.7 Å². The van der Waals surface area contributed by atoms with Crippen molar-refractivity contribution in [2.75, 3.05) is 31.2 Å². The predicted molar refractivity (Wildman–Crippen MR) is 156 cm³/mol. The van der Waals surface area contributed by atoms with Crippen molar-refractivity contribution in [2.45, 2.75) is 31.8 Å². The Balaban J connectivity index is 1.20. The van der Waals surface area contributed by atoms with E-state index in [1.54, 1.807) is 6.26 Å². The fraction of sp³-hybridized carbons (Fsp3) is 0.310. The van der Waals surface area contributed by atoms with E-state index in [0.717, 1.165) is 48.4 Å². The molecule has 3 N–H and O–H groups in total. The molecule has 0 spiro atoms. The zero-order valence-electron chi connectivity index (χ0n) is 22.0. The topological polar surface area (TPSA) is 109 Å². The molecule has 6 rings (SSSR count). The number of fused-ring (bicyclic) bond motifs is 2. The van der Waals surface area contributed by atoms with Gasteiger partial charge in [0.25, 0.3) is 0 Å². The summed E-state index contributed by atoms with van der Waals surface area (Å²) in [5.74, 6) is 4.60. The van der Waals surface area contributed by atoms with E-state index in [-0.39, 0.29) is 5.91 Å². The number of anilines is 2. The molecule has 1 unspecified atom stereocenters. The first-order valence-electron chi connectivity index (χ1n) is 13.2. The highest BCUT2D eigenvalue weighted by Crippen LogP contribution is 2.34. The van der Waals surface area contributed by atoms with E-state index in [4.69, 9.17) is 10.8 Å². The van der Waals surface area contributed by atoms with E-state index in [9.17, 15) is 9.00 Å². The van der Waals surface area contributed by atoms with Gasteiger partial charge < -0.3 is 11.1 Å². The molecule has 39 heavy (non-hydrogen) atoms. The lowest BCUT2D eigenvalue weighted by Crippen LogP contribution is -2.39. The van der Waals surface area contributed by atoms with Crippen molar-refractivity contribution >= 4 is 38.6 Å². The number of carbonyl (C=O) groups is 1. The van der Waals surface area contributed by atoms with Crippen LogP contribution < -0.4 is 11.1 Å². The maximum Gasteiger partial charge on any atom is 0.245 e. The number of hydrogen-bond acceptors (Lipinski definition) is 6. The molecule has 202 valence electrons. The lowest BCUT2D eigenvalue weighted by Gasteiger charge is -2.31. The van der Waals surface area contributed by atoms with Gasteiger partial charge in [-0.1, -0.05) is 30.3 Å². The van der Waals surface area contributed by atoms with Crippen LogP contribution in [0.3, 0.4) is 0 Å². The number of hydrogen-bond donors (Lipinski definition) is 2. The van der Waals surface area contributed by atoms with Crippen LogP contribution in [0.4, 0.5) is 11.6 Å². The molecule has 1 atom stereocenters. The first-order chi connectivity index (χ1) is 18.7. The monoisotopic (exact) mass is 543 g/mol. The first kappa shape index (κ1) is 25.5. The number of piperidine rings is 1. The minimum atomic E-state index is -2.29. The van der Waals surface area contributed by atoms with Crippen LogP contribution in [0.2, 0.25) is 0 Å². The van der Waals surface area contributed by atoms with Crippen LogP contribution in [0, 0.1) is 0 Å². The Morgan fingerprint density at radius 3 is 2.59 bits per heavy atom. The van der Waals surface area contributed by atoms with E-state index in [1.807, 2.05) is 27.2 Å². The Hall–Kier alpha value is -3.73. The Bertz CT molecular complexity index is 1640. The molecule has 10 heteroatoms. The van der Waals surface area contributed by atoms with E-state index in [1.165, 1.54) is 16.7 Å². The Kier molecular flexibility index (Phi) is 6.62. The summed E-state index contributed by atoms with van der Waals surface area (Å²) >= 11 is 0. The predicted octanol–water partition coefficient (Wildman–Crippen LogP) is 3.38. The van der Waals surface area contributed by atoms with E-state index in [2.05, 4.69) is 63.5 Å². The SMILES string of the molecule is C=S(C)(=O)N1Cc2cccc(-c3ccc4cnc(Nc5ccc(C6CCN(CC(N)=O)CC6)cc5)nn34)c2C1. The van der Waals surface area contributed by atoms with Crippen LogP contribution >= 0.6 is 0 Å². The molecule has 0 aliphatic carbocycles. The molecule has 0 radical (unpaired) electrons. The van der Waals surface area contributed by atoms with Crippen molar-refractivity contribution in [1.82, 2.24) is 23.8 Å². The van der Waals surface area contributed by atoms with Crippen molar-refractivity contribution < 1.29 is 9.00 Å². The second-order valence-corrected chi connectivity index (χ2v) is 13.0. The van der Waals surface area contributed by atoms with Crippen molar-refractivity contribution in [2.24, 2.45) is 5.73 Å². The molecule has 1 amide bonds. The van der Waals surface area contributed by atoms with Gasteiger partial charge in [-0.3, -0.25) is 13.9 Å². The van der Waals surface area contributed by atoms with Gasteiger partial charge in [0.1, 0.15) is 0 Å². The largest absolute Gasteiger partial charge is 0.369 e. The molecular formula is C29H33N7O2S. The molecule has 0 bridgehead atoms. The summed E-state index contributed by atoms with van der Waals surface area (Å²) in [5.41, 5.74) is 12.8. The lowest BCUT2D eigenvalue weighted by molar-refractivity contribution is -0.119. The minimum absolute atomic E-state index is 0.266. The standard InChI is InChI=1S/C29H33N7O2S/c1-39(2,38)35-17-22-4-3-5-25(26(22)18-35)27-11-10-24-16-31-29(33-36(24)27)32-23-8-6-20(7-9-23)21-12-14-34(15-13-21)19-28(30)37/h3-11,16,21H,1,12-15,17-19H2,2H3,(H2,30,37)(H,32,33). The number of benzene rings is 2. The number of carbonyl (C=O) groups excluding carboxylic acids is 1. The highest BCUT2D eigenvalue weighted by Gasteiger charge is 2.26. The van der Waals surface area contributed by atoms with Crippen LogP contribution in [-0.4, -0.2) is 65.7 Å². The number of nitrogens with two attached hydrogens (primary N) is 1. The molecule has 1 fully saturated rings. The Morgan fingerprint density at radius 2 is 1.87 bits per heavy atom. The zero-order valence-corrected chi connectivity index (χ0v) is 22.9. The molecule has 4 heterocycles. The zero-order chi connectivity index (χ0) is 27.1. The number of likely N-dealkylation sites (tertiary alicyclic amines) is 1. The third kappa shape index (κ3) is 5.27. The first-order valence-corrected chi connectivity index (χ1v) is 15.2. The van der Waals surface area contributed by atoms with Gasteiger partial charge in [-0.15, -0.1) is 5.10 Å². The molecular weight excluding hydrogens is 510 g/mol. The number of rotatable bonds is 7. The number of primary amides is 1.